The van der Waals surface area contributed by atoms with Gasteiger partial charge in [-0.05, 0) is 17.7 Å². The third-order valence-electron chi connectivity index (χ3n) is 3.17. The number of carbonyl (C=O) groups excluding carboxylic acids is 1. The van der Waals surface area contributed by atoms with Crippen LogP contribution in [0.4, 0.5) is 5.69 Å². The first kappa shape index (κ1) is 14.5. The fourth-order valence-electron chi connectivity index (χ4n) is 2.15. The summed E-state index contributed by atoms with van der Waals surface area (Å²) in [5.41, 5.74) is 1.41. The Bertz CT molecular complexity index is 467. The molecule has 1 amide bonds. The van der Waals surface area contributed by atoms with Gasteiger partial charge in [0.1, 0.15) is 0 Å². The number of aliphatic carboxylic acids is 1. The van der Waals surface area contributed by atoms with Gasteiger partial charge in [-0.3, -0.25) is 14.5 Å². The Kier molecular flexibility index (Phi) is 5.09. The Morgan fingerprint density at radius 1 is 1.20 bits per heavy atom. The minimum Gasteiger partial charge on any atom is -0.481 e. The average molecular weight is 277 g/mol. The lowest BCUT2D eigenvalue weighted by Crippen LogP contribution is -2.46. The lowest BCUT2D eigenvalue weighted by molar-refractivity contribution is -0.136. The van der Waals surface area contributed by atoms with E-state index in [1.165, 1.54) is 0 Å². The molecule has 3 N–H and O–H groups in total. The maximum absolute atomic E-state index is 11.9. The van der Waals surface area contributed by atoms with Crippen LogP contribution in [0.15, 0.2) is 24.3 Å². The van der Waals surface area contributed by atoms with Crippen molar-refractivity contribution in [1.82, 2.24) is 10.2 Å². The topological polar surface area (TPSA) is 81.7 Å². The van der Waals surface area contributed by atoms with Crippen molar-refractivity contribution < 1.29 is 14.7 Å². The zero-order chi connectivity index (χ0) is 14.4. The lowest BCUT2D eigenvalue weighted by atomic mass is 10.1. The van der Waals surface area contributed by atoms with Crippen molar-refractivity contribution in [2.45, 2.75) is 6.42 Å². The molecule has 1 aliphatic heterocycles. The Balaban J connectivity index is 1.82. The van der Waals surface area contributed by atoms with E-state index in [0.29, 0.717) is 12.2 Å². The summed E-state index contributed by atoms with van der Waals surface area (Å²) < 4.78 is 0. The average Bonchev–Trinajstić information content (AvgIpc) is 2.41. The molecule has 20 heavy (non-hydrogen) atoms. The van der Waals surface area contributed by atoms with Crippen LogP contribution in [0, 0.1) is 0 Å². The third-order valence-corrected chi connectivity index (χ3v) is 3.17. The van der Waals surface area contributed by atoms with Crippen molar-refractivity contribution in [2.75, 3.05) is 38.0 Å². The highest BCUT2D eigenvalue weighted by molar-refractivity contribution is 5.92. The maximum atomic E-state index is 11.9. The predicted octanol–water partition coefficient (Wildman–Crippen LogP) is 0.157. The van der Waals surface area contributed by atoms with Crippen LogP contribution < -0.4 is 10.6 Å². The molecule has 6 nitrogen and oxygen atoms in total. The molecule has 0 unspecified atom stereocenters. The summed E-state index contributed by atoms with van der Waals surface area (Å²) in [6, 6.07) is 6.89. The molecule has 2 rings (SSSR count). The molecule has 0 radical (unpaired) electrons. The fourth-order valence-corrected chi connectivity index (χ4v) is 2.15. The Labute approximate surface area is 117 Å². The van der Waals surface area contributed by atoms with E-state index in [9.17, 15) is 9.59 Å². The molecule has 0 aliphatic carbocycles. The van der Waals surface area contributed by atoms with Crippen LogP contribution in [0.1, 0.15) is 5.56 Å². The van der Waals surface area contributed by atoms with E-state index in [2.05, 4.69) is 15.5 Å². The molecule has 1 aromatic rings. The SMILES string of the molecule is O=C(O)Cc1ccc(NC(=O)CN2CCNCC2)cc1. The van der Waals surface area contributed by atoms with E-state index in [1.807, 2.05) is 0 Å². The molecule has 0 aromatic heterocycles. The van der Waals surface area contributed by atoms with Gasteiger partial charge in [-0.25, -0.2) is 0 Å². The van der Waals surface area contributed by atoms with Gasteiger partial charge in [0, 0.05) is 31.9 Å². The van der Waals surface area contributed by atoms with Gasteiger partial charge in [-0.2, -0.15) is 0 Å². The van der Waals surface area contributed by atoms with E-state index in [-0.39, 0.29) is 12.3 Å². The van der Waals surface area contributed by atoms with Crippen LogP contribution >= 0.6 is 0 Å². The fraction of sp³-hybridized carbons (Fsp3) is 0.429. The number of nitrogens with one attached hydrogen (secondary N) is 2. The van der Waals surface area contributed by atoms with Crippen molar-refractivity contribution in [3.05, 3.63) is 29.8 Å². The van der Waals surface area contributed by atoms with Crippen molar-refractivity contribution in [3.8, 4) is 0 Å². The highest BCUT2D eigenvalue weighted by Gasteiger charge is 2.13. The van der Waals surface area contributed by atoms with Gasteiger partial charge in [0.25, 0.3) is 0 Å². The number of nitrogens with zero attached hydrogens (tertiary/aromatic N) is 1. The second-order valence-electron chi connectivity index (χ2n) is 4.84. The van der Waals surface area contributed by atoms with E-state index >= 15 is 0 Å². The maximum Gasteiger partial charge on any atom is 0.307 e. The highest BCUT2D eigenvalue weighted by atomic mass is 16.4. The van der Waals surface area contributed by atoms with Gasteiger partial charge in [0.2, 0.25) is 5.91 Å². The number of carboxylic acid groups (broad SMARTS) is 1. The number of carboxylic acids is 1. The van der Waals surface area contributed by atoms with Gasteiger partial charge in [-0.15, -0.1) is 0 Å². The third kappa shape index (κ3) is 4.64. The molecule has 1 heterocycles. The van der Waals surface area contributed by atoms with Crippen molar-refractivity contribution in [2.24, 2.45) is 0 Å². The van der Waals surface area contributed by atoms with Gasteiger partial charge >= 0.3 is 5.97 Å². The zero-order valence-electron chi connectivity index (χ0n) is 11.3. The molecule has 1 aliphatic rings. The molecule has 0 saturated carbocycles. The predicted molar refractivity (Wildman–Crippen MR) is 75.7 cm³/mol. The molecule has 1 aromatic carbocycles. The Morgan fingerprint density at radius 2 is 1.85 bits per heavy atom. The molecule has 1 fully saturated rings. The van der Waals surface area contributed by atoms with Gasteiger partial charge in [-0.1, -0.05) is 12.1 Å². The first-order chi connectivity index (χ1) is 9.63. The van der Waals surface area contributed by atoms with Crippen LogP contribution in [0.5, 0.6) is 0 Å². The number of amides is 1. The largest absolute Gasteiger partial charge is 0.481 e. The number of carbonyl (C=O) groups is 2. The van der Waals surface area contributed by atoms with E-state index < -0.39 is 5.97 Å². The van der Waals surface area contributed by atoms with Crippen LogP contribution in [0.3, 0.4) is 0 Å². The van der Waals surface area contributed by atoms with E-state index in [4.69, 9.17) is 5.11 Å². The van der Waals surface area contributed by atoms with Gasteiger partial charge in [0.15, 0.2) is 0 Å². The second-order valence-corrected chi connectivity index (χ2v) is 4.84. The standard InChI is InChI=1S/C14H19N3O3/c18-13(10-17-7-5-15-6-8-17)16-12-3-1-11(2-4-12)9-14(19)20/h1-4,15H,5-10H2,(H,16,18)(H,19,20). The monoisotopic (exact) mass is 277 g/mol. The summed E-state index contributed by atoms with van der Waals surface area (Å²) >= 11 is 0. The molecule has 0 atom stereocenters. The number of piperazine rings is 1. The lowest BCUT2D eigenvalue weighted by Gasteiger charge is -2.26. The number of rotatable bonds is 5. The van der Waals surface area contributed by atoms with Crippen LogP contribution in [0.2, 0.25) is 0 Å². The quantitative estimate of drug-likeness (QED) is 0.714. The van der Waals surface area contributed by atoms with Crippen LogP contribution in [-0.4, -0.2) is 54.6 Å². The van der Waals surface area contributed by atoms with Crippen molar-refractivity contribution >= 4 is 17.6 Å². The first-order valence-electron chi connectivity index (χ1n) is 6.67. The zero-order valence-corrected chi connectivity index (χ0v) is 11.3. The molecule has 0 spiro atoms. The molecule has 108 valence electrons. The highest BCUT2D eigenvalue weighted by Crippen LogP contribution is 2.10. The minimum atomic E-state index is -0.861. The van der Waals surface area contributed by atoms with E-state index in [0.717, 1.165) is 31.7 Å². The molecule has 6 heteroatoms. The molecule has 0 bridgehead atoms. The molecule has 1 saturated heterocycles. The number of benzene rings is 1. The smallest absolute Gasteiger partial charge is 0.307 e. The number of hydrogen-bond donors (Lipinski definition) is 3. The normalized spacial score (nSPS) is 15.8. The number of hydrogen-bond acceptors (Lipinski definition) is 4. The Hall–Kier alpha value is -1.92. The summed E-state index contributed by atoms with van der Waals surface area (Å²) in [6.45, 7) is 3.98. The van der Waals surface area contributed by atoms with Gasteiger partial charge in [0.05, 0.1) is 13.0 Å². The van der Waals surface area contributed by atoms with E-state index in [1.54, 1.807) is 24.3 Å². The second kappa shape index (κ2) is 7.02. The summed E-state index contributed by atoms with van der Waals surface area (Å²) in [7, 11) is 0. The molecular weight excluding hydrogens is 258 g/mol. The van der Waals surface area contributed by atoms with Crippen LogP contribution in [0.25, 0.3) is 0 Å². The van der Waals surface area contributed by atoms with Gasteiger partial charge < -0.3 is 15.7 Å². The van der Waals surface area contributed by atoms with Crippen LogP contribution in [-0.2, 0) is 16.0 Å². The van der Waals surface area contributed by atoms with Crippen molar-refractivity contribution in [1.29, 1.82) is 0 Å². The first-order valence-corrected chi connectivity index (χ1v) is 6.67. The Morgan fingerprint density at radius 3 is 2.45 bits per heavy atom. The summed E-state index contributed by atoms with van der Waals surface area (Å²) in [4.78, 5) is 24.6. The summed E-state index contributed by atoms with van der Waals surface area (Å²) in [5.74, 6) is -0.904. The minimum absolute atomic E-state index is 0.00496. The molecular formula is C14H19N3O3. The summed E-state index contributed by atoms with van der Waals surface area (Å²) in [5, 5.41) is 14.7. The summed E-state index contributed by atoms with van der Waals surface area (Å²) in [6.07, 6.45) is -0.00496. The van der Waals surface area contributed by atoms with Crippen molar-refractivity contribution in [3.63, 3.8) is 0 Å². The number of anilines is 1.